The molecule has 0 bridgehead atoms. The smallest absolute Gasteiger partial charge is 0.413 e. The van der Waals surface area contributed by atoms with Crippen LogP contribution < -0.4 is 5.32 Å². The number of hydrogen-bond donors (Lipinski definition) is 1. The van der Waals surface area contributed by atoms with Crippen LogP contribution in [0.4, 0.5) is 10.6 Å². The minimum atomic E-state index is -0.587. The van der Waals surface area contributed by atoms with Gasteiger partial charge >= 0.3 is 6.09 Å². The standard InChI is InChI=1S/C17H17BrN4O2/c1-17(2,3)24-16(23)21-15-14(12-6-4-5-9-19-12)20-13-8-7-11(18)10-22(13)15/h4-10H,1-3H3,(H,21,23). The summed E-state index contributed by atoms with van der Waals surface area (Å²) in [6.45, 7) is 5.45. The lowest BCUT2D eigenvalue weighted by Gasteiger charge is -2.19. The van der Waals surface area contributed by atoms with E-state index in [0.29, 0.717) is 22.9 Å². The van der Waals surface area contributed by atoms with Crippen LogP contribution in [0.15, 0.2) is 47.2 Å². The van der Waals surface area contributed by atoms with Crippen LogP contribution >= 0.6 is 15.9 Å². The maximum atomic E-state index is 12.2. The van der Waals surface area contributed by atoms with Gasteiger partial charge in [0.25, 0.3) is 0 Å². The molecule has 0 aromatic carbocycles. The fourth-order valence-electron chi connectivity index (χ4n) is 2.22. The number of fused-ring (bicyclic) bond motifs is 1. The quantitative estimate of drug-likeness (QED) is 0.701. The first-order chi connectivity index (χ1) is 11.3. The summed E-state index contributed by atoms with van der Waals surface area (Å²) in [7, 11) is 0. The summed E-state index contributed by atoms with van der Waals surface area (Å²) in [5, 5.41) is 2.79. The molecule has 0 saturated carbocycles. The average Bonchev–Trinajstić information content (AvgIpc) is 2.84. The molecule has 3 aromatic rings. The lowest BCUT2D eigenvalue weighted by Crippen LogP contribution is -2.27. The molecule has 1 N–H and O–H groups in total. The molecule has 7 heteroatoms. The fraction of sp³-hybridized carbons (Fsp3) is 0.235. The number of nitrogens with one attached hydrogen (secondary N) is 1. The number of hydrogen-bond acceptors (Lipinski definition) is 4. The highest BCUT2D eigenvalue weighted by Crippen LogP contribution is 2.29. The Morgan fingerprint density at radius 2 is 2.04 bits per heavy atom. The van der Waals surface area contributed by atoms with Crippen molar-refractivity contribution in [2.45, 2.75) is 26.4 Å². The van der Waals surface area contributed by atoms with Crippen molar-refractivity contribution in [1.82, 2.24) is 14.4 Å². The Balaban J connectivity index is 2.09. The van der Waals surface area contributed by atoms with E-state index in [1.54, 1.807) is 10.6 Å². The summed E-state index contributed by atoms with van der Waals surface area (Å²) < 4.78 is 8.02. The van der Waals surface area contributed by atoms with Gasteiger partial charge in [-0.2, -0.15) is 0 Å². The van der Waals surface area contributed by atoms with Gasteiger partial charge in [-0.05, 0) is 61.0 Å². The van der Waals surface area contributed by atoms with Crippen molar-refractivity contribution >= 4 is 33.5 Å². The number of carbonyl (C=O) groups is 1. The highest BCUT2D eigenvalue weighted by molar-refractivity contribution is 9.10. The zero-order chi connectivity index (χ0) is 17.3. The molecule has 0 spiro atoms. The van der Waals surface area contributed by atoms with E-state index in [2.05, 4.69) is 31.2 Å². The number of aromatic nitrogens is 3. The Morgan fingerprint density at radius 3 is 2.71 bits per heavy atom. The molecule has 0 aliphatic rings. The Bertz CT molecular complexity index is 885. The third-order valence-electron chi connectivity index (χ3n) is 3.11. The van der Waals surface area contributed by atoms with Crippen molar-refractivity contribution in [1.29, 1.82) is 0 Å². The maximum Gasteiger partial charge on any atom is 0.413 e. The third kappa shape index (κ3) is 3.56. The normalized spacial score (nSPS) is 11.5. The van der Waals surface area contributed by atoms with Gasteiger partial charge in [0, 0.05) is 16.9 Å². The first-order valence-electron chi connectivity index (χ1n) is 7.42. The van der Waals surface area contributed by atoms with Crippen molar-refractivity contribution in [3.63, 3.8) is 0 Å². The van der Waals surface area contributed by atoms with Crippen molar-refractivity contribution < 1.29 is 9.53 Å². The van der Waals surface area contributed by atoms with Crippen LogP contribution in [-0.4, -0.2) is 26.1 Å². The first kappa shape index (κ1) is 16.4. The van der Waals surface area contributed by atoms with Crippen molar-refractivity contribution in [2.75, 3.05) is 5.32 Å². The first-order valence-corrected chi connectivity index (χ1v) is 8.22. The average molecular weight is 389 g/mol. The highest BCUT2D eigenvalue weighted by atomic mass is 79.9. The molecule has 124 valence electrons. The second-order valence-electron chi connectivity index (χ2n) is 6.23. The number of rotatable bonds is 2. The number of imidazole rings is 1. The minimum Gasteiger partial charge on any atom is -0.444 e. The van der Waals surface area contributed by atoms with Crippen molar-refractivity contribution in [2.24, 2.45) is 0 Å². The number of anilines is 1. The molecule has 0 aliphatic carbocycles. The van der Waals surface area contributed by atoms with Gasteiger partial charge in [-0.1, -0.05) is 6.07 Å². The molecule has 3 heterocycles. The third-order valence-corrected chi connectivity index (χ3v) is 3.58. The fourth-order valence-corrected chi connectivity index (χ4v) is 2.56. The van der Waals surface area contributed by atoms with Crippen LogP contribution in [0.3, 0.4) is 0 Å². The van der Waals surface area contributed by atoms with Crippen LogP contribution in [0, 0.1) is 0 Å². The van der Waals surface area contributed by atoms with E-state index in [1.165, 1.54) is 0 Å². The Labute approximate surface area is 148 Å². The van der Waals surface area contributed by atoms with E-state index in [-0.39, 0.29) is 0 Å². The number of amides is 1. The molecule has 0 radical (unpaired) electrons. The molecular weight excluding hydrogens is 372 g/mol. The molecule has 0 saturated heterocycles. The highest BCUT2D eigenvalue weighted by Gasteiger charge is 2.21. The van der Waals surface area contributed by atoms with Gasteiger partial charge in [-0.15, -0.1) is 0 Å². The molecule has 3 rings (SSSR count). The van der Waals surface area contributed by atoms with E-state index in [4.69, 9.17) is 4.74 Å². The monoisotopic (exact) mass is 388 g/mol. The van der Waals surface area contributed by atoms with E-state index in [1.807, 2.05) is 57.3 Å². The number of ether oxygens (including phenoxy) is 1. The second-order valence-corrected chi connectivity index (χ2v) is 7.14. The largest absolute Gasteiger partial charge is 0.444 e. The van der Waals surface area contributed by atoms with Gasteiger partial charge in [0.15, 0.2) is 0 Å². The van der Waals surface area contributed by atoms with Gasteiger partial charge in [0.2, 0.25) is 0 Å². The lowest BCUT2D eigenvalue weighted by molar-refractivity contribution is 0.0635. The minimum absolute atomic E-state index is 0.513. The van der Waals surface area contributed by atoms with Crippen LogP contribution in [0.25, 0.3) is 17.0 Å². The Morgan fingerprint density at radius 1 is 1.25 bits per heavy atom. The topological polar surface area (TPSA) is 68.5 Å². The van der Waals surface area contributed by atoms with Crippen molar-refractivity contribution in [3.05, 3.63) is 47.2 Å². The van der Waals surface area contributed by atoms with Crippen LogP contribution in [0.5, 0.6) is 0 Å². The van der Waals surface area contributed by atoms with Gasteiger partial charge in [-0.25, -0.2) is 9.78 Å². The number of carbonyl (C=O) groups excluding carboxylic acids is 1. The second kappa shape index (κ2) is 6.24. The molecule has 0 atom stereocenters. The van der Waals surface area contributed by atoms with E-state index in [9.17, 15) is 4.79 Å². The summed E-state index contributed by atoms with van der Waals surface area (Å²) in [5.41, 5.74) is 1.36. The van der Waals surface area contributed by atoms with Crippen LogP contribution in [-0.2, 0) is 4.74 Å². The van der Waals surface area contributed by atoms with Crippen LogP contribution in [0.2, 0.25) is 0 Å². The zero-order valence-corrected chi connectivity index (χ0v) is 15.2. The summed E-state index contributed by atoms with van der Waals surface area (Å²) >= 11 is 3.44. The molecule has 0 unspecified atom stereocenters. The number of nitrogens with zero attached hydrogens (tertiary/aromatic N) is 3. The molecule has 1 amide bonds. The summed E-state index contributed by atoms with van der Waals surface area (Å²) in [4.78, 5) is 21.1. The molecule has 0 fully saturated rings. The van der Waals surface area contributed by atoms with Crippen molar-refractivity contribution in [3.8, 4) is 11.4 Å². The van der Waals surface area contributed by atoms with E-state index < -0.39 is 11.7 Å². The number of halogens is 1. The number of pyridine rings is 2. The zero-order valence-electron chi connectivity index (χ0n) is 13.6. The maximum absolute atomic E-state index is 12.2. The van der Waals surface area contributed by atoms with Gasteiger partial charge in [0.1, 0.15) is 22.8 Å². The Hall–Kier alpha value is -2.41. The summed E-state index contributed by atoms with van der Waals surface area (Å²) in [6, 6.07) is 9.30. The van der Waals surface area contributed by atoms with Gasteiger partial charge in [-0.3, -0.25) is 14.7 Å². The predicted molar refractivity (Wildman–Crippen MR) is 96.0 cm³/mol. The molecule has 3 aromatic heterocycles. The lowest BCUT2D eigenvalue weighted by atomic mass is 10.2. The molecule has 24 heavy (non-hydrogen) atoms. The summed E-state index contributed by atoms with van der Waals surface area (Å²) in [6.07, 6.45) is 2.98. The van der Waals surface area contributed by atoms with Crippen LogP contribution in [0.1, 0.15) is 20.8 Å². The van der Waals surface area contributed by atoms with Gasteiger partial charge < -0.3 is 4.74 Å². The summed E-state index contributed by atoms with van der Waals surface area (Å²) in [5.74, 6) is 0.513. The predicted octanol–water partition coefficient (Wildman–Crippen LogP) is 4.51. The van der Waals surface area contributed by atoms with Gasteiger partial charge in [0.05, 0.1) is 5.69 Å². The molecule has 6 nitrogen and oxygen atoms in total. The molecule has 0 aliphatic heterocycles. The Kier molecular flexibility index (Phi) is 4.28. The molecular formula is C17H17BrN4O2. The van der Waals surface area contributed by atoms with E-state index in [0.717, 1.165) is 4.47 Å². The van der Waals surface area contributed by atoms with E-state index >= 15 is 0 Å². The SMILES string of the molecule is CC(C)(C)OC(=O)Nc1c(-c2ccccn2)nc2ccc(Br)cn12.